The lowest BCUT2D eigenvalue weighted by Gasteiger charge is -2.02. The minimum absolute atomic E-state index is 0.107. The molecule has 0 radical (unpaired) electrons. The molecule has 0 heterocycles. The lowest BCUT2D eigenvalue weighted by Crippen LogP contribution is -2.21. The van der Waals surface area contributed by atoms with Crippen molar-refractivity contribution in [2.24, 2.45) is 3.77 Å². The molecule has 78 valence electrons. The molecule has 1 N–H and O–H groups in total. The monoisotopic (exact) mass is 239 g/mol. The maximum atomic E-state index is 11.5. The van der Waals surface area contributed by atoms with E-state index in [4.69, 9.17) is 4.55 Å². The van der Waals surface area contributed by atoms with E-state index in [1.54, 1.807) is 3.77 Å². The van der Waals surface area contributed by atoms with Crippen molar-refractivity contribution < 1.29 is 30.4 Å². The van der Waals surface area contributed by atoms with Crippen LogP contribution in [0.25, 0.3) is 0 Å². The van der Waals surface area contributed by atoms with Gasteiger partial charge in [-0.3, -0.25) is 4.55 Å². The highest BCUT2D eigenvalue weighted by molar-refractivity contribution is 8.02. The van der Waals surface area contributed by atoms with E-state index in [-0.39, 0.29) is 5.41 Å². The zero-order chi connectivity index (χ0) is 10.9. The number of hydrogen-bond donors (Lipinski definition) is 1. The van der Waals surface area contributed by atoms with Gasteiger partial charge in [-0.05, 0) is 0 Å². The zero-order valence-electron chi connectivity index (χ0n) is 5.85. The van der Waals surface area contributed by atoms with Gasteiger partial charge in [0.2, 0.25) is 0 Å². The predicted molar refractivity (Wildman–Crippen MR) is 38.4 cm³/mol. The van der Waals surface area contributed by atoms with Crippen molar-refractivity contribution in [3.8, 4) is 0 Å². The minimum atomic E-state index is -5.94. The third-order valence-corrected chi connectivity index (χ3v) is 3.37. The molecule has 10 heteroatoms. The molecular weight excluding hydrogens is 235 g/mol. The van der Waals surface area contributed by atoms with Crippen LogP contribution in [0.3, 0.4) is 0 Å². The Morgan fingerprint density at radius 2 is 1.69 bits per heavy atom. The van der Waals surface area contributed by atoms with Gasteiger partial charge in [0.15, 0.2) is 10.0 Å². The van der Waals surface area contributed by atoms with Crippen LogP contribution in [-0.4, -0.2) is 22.7 Å². The molecule has 0 spiro atoms. The summed E-state index contributed by atoms with van der Waals surface area (Å²) in [5, 5.41) is 0.107. The van der Waals surface area contributed by atoms with E-state index in [0.29, 0.717) is 0 Å². The normalized spacial score (nSPS) is 17.5. The molecule has 1 atom stereocenters. The Balaban J connectivity index is 5.54. The van der Waals surface area contributed by atoms with Gasteiger partial charge >= 0.3 is 15.5 Å². The van der Waals surface area contributed by atoms with Gasteiger partial charge in [0.05, 0.1) is 0 Å². The molecule has 0 aromatic carbocycles. The Morgan fingerprint density at radius 3 is 1.92 bits per heavy atom. The standard InChI is InChI=1S/C3H4F3NO4S2/c1-2-12(8,9)7-13(10,11)3(4,5)6/h2H,1H2,(H,7,8,9). The van der Waals surface area contributed by atoms with Crippen LogP contribution < -0.4 is 0 Å². The Bertz CT molecular complexity index is 412. The first-order chi connectivity index (χ1) is 5.52. The van der Waals surface area contributed by atoms with E-state index in [2.05, 4.69) is 6.58 Å². The van der Waals surface area contributed by atoms with E-state index in [9.17, 15) is 25.8 Å². The topological polar surface area (TPSA) is 83.8 Å². The fourth-order valence-electron chi connectivity index (χ4n) is 0.213. The van der Waals surface area contributed by atoms with Crippen LogP contribution in [-0.2, 0) is 20.0 Å². The second-order valence-electron chi connectivity index (χ2n) is 1.70. The van der Waals surface area contributed by atoms with Gasteiger partial charge in [0.1, 0.15) is 0 Å². The molecule has 0 aromatic rings. The number of sulfonamides is 1. The fourth-order valence-corrected chi connectivity index (χ4v) is 1.92. The number of alkyl halides is 3. The average Bonchev–Trinajstić information content (AvgIpc) is 1.83. The summed E-state index contributed by atoms with van der Waals surface area (Å²) in [6, 6.07) is 0. The maximum Gasteiger partial charge on any atom is 0.519 e. The molecule has 0 aromatic heterocycles. The Morgan fingerprint density at radius 1 is 1.31 bits per heavy atom. The quantitative estimate of drug-likeness (QED) is 0.776. The van der Waals surface area contributed by atoms with Crippen molar-refractivity contribution in [3.63, 3.8) is 0 Å². The van der Waals surface area contributed by atoms with Crippen molar-refractivity contribution >= 4 is 20.0 Å². The van der Waals surface area contributed by atoms with E-state index in [1.807, 2.05) is 0 Å². The Kier molecular flexibility index (Phi) is 3.12. The van der Waals surface area contributed by atoms with Crippen LogP contribution in [0.4, 0.5) is 13.2 Å². The van der Waals surface area contributed by atoms with Gasteiger partial charge in [-0.2, -0.15) is 21.6 Å². The van der Waals surface area contributed by atoms with E-state index < -0.39 is 25.5 Å². The van der Waals surface area contributed by atoms with Crippen molar-refractivity contribution in [2.45, 2.75) is 5.51 Å². The van der Waals surface area contributed by atoms with Gasteiger partial charge in [0, 0.05) is 5.41 Å². The summed E-state index contributed by atoms with van der Waals surface area (Å²) in [6.45, 7) is 2.65. The highest BCUT2D eigenvalue weighted by Crippen LogP contribution is 2.25. The predicted octanol–water partition coefficient (Wildman–Crippen LogP) is 0.921. The van der Waals surface area contributed by atoms with Gasteiger partial charge in [-0.25, -0.2) is 4.21 Å². The second kappa shape index (κ2) is 3.27. The average molecular weight is 239 g/mol. The molecule has 0 aliphatic carbocycles. The molecule has 0 saturated carbocycles. The van der Waals surface area contributed by atoms with E-state index >= 15 is 0 Å². The highest BCUT2D eigenvalue weighted by Gasteiger charge is 2.47. The van der Waals surface area contributed by atoms with Gasteiger partial charge in [-0.1, -0.05) is 10.3 Å². The number of halogens is 3. The molecule has 0 saturated heterocycles. The van der Waals surface area contributed by atoms with Gasteiger partial charge < -0.3 is 0 Å². The van der Waals surface area contributed by atoms with Crippen LogP contribution in [0.15, 0.2) is 15.8 Å². The SMILES string of the molecule is C=CS(=O)(O)=NS(=O)(=O)C(F)(F)F. The molecule has 0 amide bonds. The summed E-state index contributed by atoms with van der Waals surface area (Å²) in [7, 11) is -10.5. The molecule has 13 heavy (non-hydrogen) atoms. The lowest BCUT2D eigenvalue weighted by molar-refractivity contribution is -0.0435. The molecule has 0 bridgehead atoms. The number of hydrogen-bond acceptors (Lipinski definition) is 3. The fraction of sp³-hybridized carbons (Fsp3) is 0.333. The second-order valence-corrected chi connectivity index (χ2v) is 5.12. The summed E-state index contributed by atoms with van der Waals surface area (Å²) < 4.78 is 75.5. The summed E-state index contributed by atoms with van der Waals surface area (Å²) >= 11 is 0. The summed E-state index contributed by atoms with van der Waals surface area (Å²) in [5.74, 6) is 0. The largest absolute Gasteiger partial charge is 0.519 e. The van der Waals surface area contributed by atoms with Crippen LogP contribution in [0.5, 0.6) is 0 Å². The summed E-state index contributed by atoms with van der Waals surface area (Å²) in [5.41, 5.74) is -5.68. The third kappa shape index (κ3) is 3.32. The first-order valence-electron chi connectivity index (χ1n) is 2.46. The highest BCUT2D eigenvalue weighted by atomic mass is 32.3. The van der Waals surface area contributed by atoms with Crippen LogP contribution >= 0.6 is 0 Å². The minimum Gasteiger partial charge on any atom is -0.296 e. The molecule has 0 rings (SSSR count). The third-order valence-electron chi connectivity index (χ3n) is 0.715. The van der Waals surface area contributed by atoms with Gasteiger partial charge in [0.25, 0.3) is 0 Å². The molecular formula is C3H4F3NO4S2. The lowest BCUT2D eigenvalue weighted by atomic mass is 11.3. The van der Waals surface area contributed by atoms with Crippen molar-refractivity contribution in [3.05, 3.63) is 12.0 Å². The van der Waals surface area contributed by atoms with Crippen LogP contribution in [0, 0.1) is 0 Å². The zero-order valence-corrected chi connectivity index (χ0v) is 7.49. The number of rotatable bonds is 2. The maximum absolute atomic E-state index is 11.5. The van der Waals surface area contributed by atoms with E-state index in [1.165, 1.54) is 0 Å². The van der Waals surface area contributed by atoms with Crippen molar-refractivity contribution in [2.75, 3.05) is 0 Å². The number of nitrogens with zero attached hydrogens (tertiary/aromatic N) is 1. The Hall–Kier alpha value is -0.610. The van der Waals surface area contributed by atoms with E-state index in [0.717, 1.165) is 0 Å². The first-order valence-corrected chi connectivity index (χ1v) is 5.44. The molecule has 0 aliphatic rings. The summed E-state index contributed by atoms with van der Waals surface area (Å²) in [4.78, 5) is 0. The van der Waals surface area contributed by atoms with Crippen molar-refractivity contribution in [1.29, 1.82) is 0 Å². The molecule has 0 fully saturated rings. The summed E-state index contributed by atoms with van der Waals surface area (Å²) in [6.07, 6.45) is 0. The van der Waals surface area contributed by atoms with Crippen LogP contribution in [0.1, 0.15) is 0 Å². The van der Waals surface area contributed by atoms with Crippen molar-refractivity contribution in [1.82, 2.24) is 0 Å². The molecule has 5 nitrogen and oxygen atoms in total. The van der Waals surface area contributed by atoms with Gasteiger partial charge in [-0.15, -0.1) is 0 Å². The molecule has 1 unspecified atom stereocenters. The smallest absolute Gasteiger partial charge is 0.296 e. The van der Waals surface area contributed by atoms with Crippen LogP contribution in [0.2, 0.25) is 0 Å². The Labute approximate surface area is 72.3 Å². The molecule has 0 aliphatic heterocycles. The first kappa shape index (κ1) is 12.4.